The predicted molar refractivity (Wildman–Crippen MR) is 73.9 cm³/mol. The number of hydrogen-bond donors (Lipinski definition) is 2. The van der Waals surface area contributed by atoms with Gasteiger partial charge in [0, 0.05) is 6.04 Å². The molecule has 1 aromatic carbocycles. The quantitative estimate of drug-likeness (QED) is 0.808. The van der Waals surface area contributed by atoms with Crippen LogP contribution in [0.25, 0.3) is 0 Å². The summed E-state index contributed by atoms with van der Waals surface area (Å²) in [6.07, 6.45) is 1.87. The molecular weight excluding hydrogens is 282 g/mol. The van der Waals surface area contributed by atoms with Gasteiger partial charge in [0.25, 0.3) is 5.91 Å². The summed E-state index contributed by atoms with van der Waals surface area (Å²) in [6, 6.07) is 6.56. The van der Waals surface area contributed by atoms with Crippen molar-refractivity contribution >= 4 is 23.5 Å². The molecule has 0 spiro atoms. The van der Waals surface area contributed by atoms with Crippen LogP contribution in [-0.4, -0.2) is 29.6 Å². The van der Waals surface area contributed by atoms with Crippen LogP contribution in [0.1, 0.15) is 19.3 Å². The first-order valence-electron chi connectivity index (χ1n) is 6.44. The fourth-order valence-corrected chi connectivity index (χ4v) is 2.17. The number of carboxylic acids is 1. The molecule has 2 rings (SSSR count). The molecule has 108 valence electrons. The van der Waals surface area contributed by atoms with E-state index in [-0.39, 0.29) is 30.9 Å². The molecule has 2 N–H and O–H groups in total. The van der Waals surface area contributed by atoms with Crippen LogP contribution in [0, 0.1) is 5.92 Å². The van der Waals surface area contributed by atoms with Crippen molar-refractivity contribution in [2.75, 3.05) is 6.61 Å². The van der Waals surface area contributed by atoms with Gasteiger partial charge in [-0.1, -0.05) is 23.7 Å². The Labute approximate surface area is 121 Å². The van der Waals surface area contributed by atoms with Gasteiger partial charge in [0.1, 0.15) is 5.75 Å². The smallest absolute Gasteiger partial charge is 0.305 e. The maximum absolute atomic E-state index is 11.8. The van der Waals surface area contributed by atoms with Crippen LogP contribution in [0.15, 0.2) is 24.3 Å². The first-order valence-corrected chi connectivity index (χ1v) is 6.82. The van der Waals surface area contributed by atoms with Crippen molar-refractivity contribution in [1.29, 1.82) is 0 Å². The summed E-state index contributed by atoms with van der Waals surface area (Å²) in [4.78, 5) is 22.5. The first kappa shape index (κ1) is 14.7. The lowest BCUT2D eigenvalue weighted by atomic mass is 10.1. The van der Waals surface area contributed by atoms with Gasteiger partial charge in [-0.15, -0.1) is 0 Å². The summed E-state index contributed by atoms with van der Waals surface area (Å²) >= 11 is 5.91. The third-order valence-electron chi connectivity index (χ3n) is 3.13. The normalized spacial score (nSPS) is 15.4. The second-order valence-corrected chi connectivity index (χ2v) is 5.24. The average molecular weight is 298 g/mol. The van der Waals surface area contributed by atoms with Crippen LogP contribution in [0.5, 0.6) is 5.75 Å². The van der Waals surface area contributed by atoms with Gasteiger partial charge in [-0.05, 0) is 30.9 Å². The number of hydrogen-bond acceptors (Lipinski definition) is 3. The largest absolute Gasteiger partial charge is 0.482 e. The molecule has 1 atom stereocenters. The standard InChI is InChI=1S/C14H16ClNO4/c15-10-3-1-2-4-12(10)20-8-13(17)16-11(7-14(18)19)9-5-6-9/h1-4,9,11H,5-8H2,(H,16,17)(H,18,19). The number of halogens is 1. The minimum Gasteiger partial charge on any atom is -0.482 e. The molecule has 0 radical (unpaired) electrons. The lowest BCUT2D eigenvalue weighted by Gasteiger charge is -2.16. The molecule has 0 saturated heterocycles. The van der Waals surface area contributed by atoms with E-state index in [9.17, 15) is 9.59 Å². The first-order chi connectivity index (χ1) is 9.56. The molecule has 0 aromatic heterocycles. The molecule has 0 aliphatic heterocycles. The second kappa shape index (κ2) is 6.61. The molecule has 1 fully saturated rings. The fourth-order valence-electron chi connectivity index (χ4n) is 1.98. The van der Waals surface area contributed by atoms with Gasteiger partial charge in [-0.2, -0.15) is 0 Å². The molecular formula is C14H16ClNO4. The van der Waals surface area contributed by atoms with E-state index in [1.807, 2.05) is 0 Å². The Morgan fingerprint density at radius 1 is 1.40 bits per heavy atom. The number of carboxylic acid groups (broad SMARTS) is 1. The highest BCUT2D eigenvalue weighted by Crippen LogP contribution is 2.34. The van der Waals surface area contributed by atoms with Crippen molar-refractivity contribution < 1.29 is 19.4 Å². The minimum absolute atomic E-state index is 0.0531. The number of carbonyl (C=O) groups excluding carboxylic acids is 1. The number of aliphatic carboxylic acids is 1. The molecule has 0 bridgehead atoms. The summed E-state index contributed by atoms with van der Waals surface area (Å²) < 4.78 is 5.31. The average Bonchev–Trinajstić information content (AvgIpc) is 3.21. The Balaban J connectivity index is 1.82. The molecule has 1 amide bonds. The molecule has 1 saturated carbocycles. The van der Waals surface area contributed by atoms with E-state index < -0.39 is 5.97 Å². The number of benzene rings is 1. The van der Waals surface area contributed by atoms with E-state index in [4.69, 9.17) is 21.4 Å². The van der Waals surface area contributed by atoms with E-state index in [0.717, 1.165) is 12.8 Å². The number of para-hydroxylation sites is 1. The van der Waals surface area contributed by atoms with Gasteiger partial charge in [-0.25, -0.2) is 0 Å². The Hall–Kier alpha value is -1.75. The Bertz CT molecular complexity index is 502. The Morgan fingerprint density at radius 2 is 2.10 bits per heavy atom. The molecule has 0 heterocycles. The molecule has 1 aliphatic rings. The van der Waals surface area contributed by atoms with Gasteiger partial charge in [0.15, 0.2) is 6.61 Å². The Morgan fingerprint density at radius 3 is 2.70 bits per heavy atom. The SMILES string of the molecule is O=C(O)CC(NC(=O)COc1ccccc1Cl)C1CC1. The topological polar surface area (TPSA) is 75.6 Å². The van der Waals surface area contributed by atoms with Gasteiger partial charge < -0.3 is 15.2 Å². The van der Waals surface area contributed by atoms with Crippen molar-refractivity contribution in [2.45, 2.75) is 25.3 Å². The number of amides is 1. The molecule has 6 heteroatoms. The second-order valence-electron chi connectivity index (χ2n) is 4.83. The van der Waals surface area contributed by atoms with Gasteiger partial charge in [-0.3, -0.25) is 9.59 Å². The summed E-state index contributed by atoms with van der Waals surface area (Å²) in [5.74, 6) is -0.529. The zero-order valence-corrected chi connectivity index (χ0v) is 11.6. The van der Waals surface area contributed by atoms with E-state index in [2.05, 4.69) is 5.32 Å². The monoisotopic (exact) mass is 297 g/mol. The number of ether oxygens (including phenoxy) is 1. The number of carbonyl (C=O) groups is 2. The minimum atomic E-state index is -0.908. The molecule has 5 nitrogen and oxygen atoms in total. The lowest BCUT2D eigenvalue weighted by Crippen LogP contribution is -2.40. The third-order valence-corrected chi connectivity index (χ3v) is 3.44. The van der Waals surface area contributed by atoms with Crippen molar-refractivity contribution in [3.05, 3.63) is 29.3 Å². The molecule has 1 unspecified atom stereocenters. The summed E-state index contributed by atoms with van der Waals surface area (Å²) in [5, 5.41) is 12.0. The zero-order valence-electron chi connectivity index (χ0n) is 10.8. The van der Waals surface area contributed by atoms with Crippen molar-refractivity contribution in [1.82, 2.24) is 5.32 Å². The zero-order chi connectivity index (χ0) is 14.5. The van der Waals surface area contributed by atoms with Crippen LogP contribution < -0.4 is 10.1 Å². The lowest BCUT2D eigenvalue weighted by molar-refractivity contribution is -0.138. The highest BCUT2D eigenvalue weighted by atomic mass is 35.5. The predicted octanol–water partition coefficient (Wildman–Crippen LogP) is 2.09. The highest BCUT2D eigenvalue weighted by Gasteiger charge is 2.33. The van der Waals surface area contributed by atoms with Crippen LogP contribution in [-0.2, 0) is 9.59 Å². The van der Waals surface area contributed by atoms with Gasteiger partial charge >= 0.3 is 5.97 Å². The summed E-state index contributed by atoms with van der Waals surface area (Å²) in [7, 11) is 0. The highest BCUT2D eigenvalue weighted by molar-refractivity contribution is 6.32. The van der Waals surface area contributed by atoms with E-state index in [0.29, 0.717) is 10.8 Å². The van der Waals surface area contributed by atoms with Crippen molar-refractivity contribution in [2.24, 2.45) is 5.92 Å². The van der Waals surface area contributed by atoms with Crippen LogP contribution in [0.2, 0.25) is 5.02 Å². The van der Waals surface area contributed by atoms with Crippen LogP contribution >= 0.6 is 11.6 Å². The fraction of sp³-hybridized carbons (Fsp3) is 0.429. The maximum Gasteiger partial charge on any atom is 0.305 e. The van der Waals surface area contributed by atoms with Crippen LogP contribution in [0.3, 0.4) is 0 Å². The summed E-state index contributed by atoms with van der Waals surface area (Å²) in [6.45, 7) is -0.174. The number of nitrogens with one attached hydrogen (secondary N) is 1. The molecule has 20 heavy (non-hydrogen) atoms. The maximum atomic E-state index is 11.8. The molecule has 1 aliphatic carbocycles. The van der Waals surface area contributed by atoms with E-state index >= 15 is 0 Å². The van der Waals surface area contributed by atoms with Crippen molar-refractivity contribution in [3.63, 3.8) is 0 Å². The summed E-state index contributed by atoms with van der Waals surface area (Å²) in [5.41, 5.74) is 0. The van der Waals surface area contributed by atoms with E-state index in [1.165, 1.54) is 0 Å². The van der Waals surface area contributed by atoms with E-state index in [1.54, 1.807) is 24.3 Å². The van der Waals surface area contributed by atoms with Gasteiger partial charge in [0.2, 0.25) is 0 Å². The number of rotatable bonds is 7. The third kappa shape index (κ3) is 4.42. The van der Waals surface area contributed by atoms with Gasteiger partial charge in [0.05, 0.1) is 11.4 Å². The van der Waals surface area contributed by atoms with Crippen LogP contribution in [0.4, 0.5) is 0 Å². The molecule has 1 aromatic rings. The Kier molecular flexibility index (Phi) is 4.84. The van der Waals surface area contributed by atoms with Crippen molar-refractivity contribution in [3.8, 4) is 5.75 Å².